The van der Waals surface area contributed by atoms with Gasteiger partial charge in [0, 0.05) is 16.3 Å². The summed E-state index contributed by atoms with van der Waals surface area (Å²) >= 11 is 2.29. The summed E-state index contributed by atoms with van der Waals surface area (Å²) in [5.41, 5.74) is 1.13. The van der Waals surface area contributed by atoms with E-state index >= 15 is 0 Å². The van der Waals surface area contributed by atoms with Crippen molar-refractivity contribution in [3.05, 3.63) is 27.6 Å². The van der Waals surface area contributed by atoms with Crippen LogP contribution in [0.5, 0.6) is 0 Å². The van der Waals surface area contributed by atoms with Crippen LogP contribution < -0.4 is 0 Å². The summed E-state index contributed by atoms with van der Waals surface area (Å²) in [6.07, 6.45) is 1.85. The highest BCUT2D eigenvalue weighted by Crippen LogP contribution is 2.05. The molecule has 11 heavy (non-hydrogen) atoms. The Labute approximate surface area is 80.8 Å². The van der Waals surface area contributed by atoms with Crippen molar-refractivity contribution in [3.8, 4) is 0 Å². The van der Waals surface area contributed by atoms with E-state index in [0.717, 1.165) is 12.2 Å². The highest BCUT2D eigenvalue weighted by molar-refractivity contribution is 14.1. The van der Waals surface area contributed by atoms with Gasteiger partial charge in [0.05, 0.1) is 5.69 Å². The zero-order chi connectivity index (χ0) is 8.27. The van der Waals surface area contributed by atoms with Gasteiger partial charge in [-0.25, -0.2) is 0 Å². The van der Waals surface area contributed by atoms with Crippen LogP contribution in [0.2, 0.25) is 0 Å². The lowest BCUT2D eigenvalue weighted by Gasteiger charge is -2.07. The molecule has 0 atom stereocenters. The molecule has 0 fully saturated rings. The van der Waals surface area contributed by atoms with Gasteiger partial charge in [0.25, 0.3) is 0 Å². The van der Waals surface area contributed by atoms with Crippen molar-refractivity contribution >= 4 is 22.6 Å². The van der Waals surface area contributed by atoms with Gasteiger partial charge in [-0.2, -0.15) is 0 Å². The third kappa shape index (κ3) is 3.16. The summed E-state index contributed by atoms with van der Waals surface area (Å²) in [5, 5.41) is 0. The average Bonchev–Trinajstić information content (AvgIpc) is 1.85. The van der Waals surface area contributed by atoms with E-state index in [1.807, 2.05) is 26.4 Å². The van der Waals surface area contributed by atoms with Gasteiger partial charge in [0.15, 0.2) is 0 Å². The molecule has 0 aliphatic carbocycles. The molecule has 1 rings (SSSR count). The molecular formula is C8H11IN2. The van der Waals surface area contributed by atoms with E-state index < -0.39 is 0 Å². The van der Waals surface area contributed by atoms with Gasteiger partial charge in [-0.1, -0.05) is 0 Å². The molecule has 0 amide bonds. The molecule has 0 aliphatic rings. The van der Waals surface area contributed by atoms with Crippen molar-refractivity contribution in [1.82, 2.24) is 9.88 Å². The van der Waals surface area contributed by atoms with Crippen LogP contribution in [0.1, 0.15) is 5.69 Å². The second-order valence-electron chi connectivity index (χ2n) is 2.70. The maximum Gasteiger partial charge on any atom is 0.0554 e. The normalized spacial score (nSPS) is 10.5. The van der Waals surface area contributed by atoms with Gasteiger partial charge in [-0.05, 0) is 48.8 Å². The first kappa shape index (κ1) is 8.93. The van der Waals surface area contributed by atoms with Crippen molar-refractivity contribution in [3.63, 3.8) is 0 Å². The third-order valence-electron chi connectivity index (χ3n) is 1.26. The molecule has 3 heteroatoms. The smallest absolute Gasteiger partial charge is 0.0554 e. The minimum atomic E-state index is 0.914. The molecule has 60 valence electrons. The molecule has 1 aromatic rings. The molecule has 1 heterocycles. The second-order valence-corrected chi connectivity index (χ2v) is 3.95. The zero-order valence-electron chi connectivity index (χ0n) is 6.71. The molecule has 0 radical (unpaired) electrons. The summed E-state index contributed by atoms with van der Waals surface area (Å²) in [7, 11) is 4.09. The second kappa shape index (κ2) is 4.01. The first-order valence-electron chi connectivity index (χ1n) is 3.43. The highest BCUT2D eigenvalue weighted by Gasteiger charge is 1.95. The standard InChI is InChI=1S/C8H11IN2/c1-11(2)6-8-5-7(9)3-4-10-8/h3-5H,6H2,1-2H3. The summed E-state index contributed by atoms with van der Waals surface area (Å²) in [4.78, 5) is 6.34. The third-order valence-corrected chi connectivity index (χ3v) is 1.93. The van der Waals surface area contributed by atoms with Crippen LogP contribution in [-0.4, -0.2) is 24.0 Å². The molecule has 0 saturated carbocycles. The minimum absolute atomic E-state index is 0.914. The van der Waals surface area contributed by atoms with Gasteiger partial charge in [-0.3, -0.25) is 4.98 Å². The number of halogens is 1. The van der Waals surface area contributed by atoms with Crippen LogP contribution in [0.15, 0.2) is 18.3 Å². The molecule has 0 N–H and O–H groups in total. The Morgan fingerprint density at radius 2 is 2.27 bits per heavy atom. The lowest BCUT2D eigenvalue weighted by Crippen LogP contribution is -2.11. The summed E-state index contributed by atoms with van der Waals surface area (Å²) in [5.74, 6) is 0. The zero-order valence-corrected chi connectivity index (χ0v) is 8.87. The number of pyridine rings is 1. The van der Waals surface area contributed by atoms with Crippen LogP contribution in [0.4, 0.5) is 0 Å². The van der Waals surface area contributed by atoms with Crippen molar-refractivity contribution in [2.75, 3.05) is 14.1 Å². The van der Waals surface area contributed by atoms with Crippen molar-refractivity contribution in [1.29, 1.82) is 0 Å². The lowest BCUT2D eigenvalue weighted by molar-refractivity contribution is 0.397. The molecular weight excluding hydrogens is 251 g/mol. The lowest BCUT2D eigenvalue weighted by atomic mass is 10.3. The molecule has 0 aromatic carbocycles. The summed E-state index contributed by atoms with van der Waals surface area (Å²) < 4.78 is 1.24. The minimum Gasteiger partial charge on any atom is -0.304 e. The molecule has 2 nitrogen and oxygen atoms in total. The number of nitrogens with zero attached hydrogens (tertiary/aromatic N) is 2. The van der Waals surface area contributed by atoms with Crippen molar-refractivity contribution in [2.24, 2.45) is 0 Å². The van der Waals surface area contributed by atoms with Crippen molar-refractivity contribution < 1.29 is 0 Å². The first-order valence-corrected chi connectivity index (χ1v) is 4.51. The van der Waals surface area contributed by atoms with E-state index in [1.54, 1.807) is 0 Å². The fourth-order valence-corrected chi connectivity index (χ4v) is 1.38. The fraction of sp³-hybridized carbons (Fsp3) is 0.375. The molecule has 1 aromatic heterocycles. The highest BCUT2D eigenvalue weighted by atomic mass is 127. The van der Waals surface area contributed by atoms with Gasteiger partial charge < -0.3 is 4.90 Å². The number of rotatable bonds is 2. The number of hydrogen-bond donors (Lipinski definition) is 0. The SMILES string of the molecule is CN(C)Cc1cc(I)ccn1. The van der Waals surface area contributed by atoms with Crippen LogP contribution in [0, 0.1) is 3.57 Å². The predicted octanol–water partition coefficient (Wildman–Crippen LogP) is 1.75. The Morgan fingerprint density at radius 3 is 2.82 bits per heavy atom. The molecule has 0 bridgehead atoms. The van der Waals surface area contributed by atoms with E-state index in [9.17, 15) is 0 Å². The topological polar surface area (TPSA) is 16.1 Å². The van der Waals surface area contributed by atoms with E-state index in [0.29, 0.717) is 0 Å². The number of aromatic nitrogens is 1. The Balaban J connectivity index is 2.71. The molecule has 0 aliphatic heterocycles. The largest absolute Gasteiger partial charge is 0.304 e. The van der Waals surface area contributed by atoms with Gasteiger partial charge in [-0.15, -0.1) is 0 Å². The molecule has 0 saturated heterocycles. The molecule has 0 spiro atoms. The van der Waals surface area contributed by atoms with Gasteiger partial charge in [0.1, 0.15) is 0 Å². The predicted molar refractivity (Wildman–Crippen MR) is 54.3 cm³/mol. The van der Waals surface area contributed by atoms with Gasteiger partial charge >= 0.3 is 0 Å². The van der Waals surface area contributed by atoms with E-state index in [-0.39, 0.29) is 0 Å². The Bertz CT molecular complexity index is 235. The monoisotopic (exact) mass is 262 g/mol. The van der Waals surface area contributed by atoms with Crippen molar-refractivity contribution in [2.45, 2.75) is 6.54 Å². The average molecular weight is 262 g/mol. The van der Waals surface area contributed by atoms with E-state index in [4.69, 9.17) is 0 Å². The van der Waals surface area contributed by atoms with E-state index in [1.165, 1.54) is 3.57 Å². The van der Waals surface area contributed by atoms with Crippen LogP contribution >= 0.6 is 22.6 Å². The fourth-order valence-electron chi connectivity index (χ4n) is 0.859. The van der Waals surface area contributed by atoms with Gasteiger partial charge in [0.2, 0.25) is 0 Å². The van der Waals surface area contributed by atoms with Crippen LogP contribution in [0.3, 0.4) is 0 Å². The molecule has 0 unspecified atom stereocenters. The Morgan fingerprint density at radius 1 is 1.55 bits per heavy atom. The van der Waals surface area contributed by atoms with Crippen LogP contribution in [-0.2, 0) is 6.54 Å². The summed E-state index contributed by atoms with van der Waals surface area (Å²) in [6, 6.07) is 4.10. The maximum absolute atomic E-state index is 4.23. The summed E-state index contributed by atoms with van der Waals surface area (Å²) in [6.45, 7) is 0.914. The number of hydrogen-bond acceptors (Lipinski definition) is 2. The maximum atomic E-state index is 4.23. The Hall–Kier alpha value is -0.160. The van der Waals surface area contributed by atoms with E-state index in [2.05, 4.69) is 38.5 Å². The quantitative estimate of drug-likeness (QED) is 0.755. The first-order chi connectivity index (χ1) is 5.18. The Kier molecular flexibility index (Phi) is 3.26. The van der Waals surface area contributed by atoms with Crippen LogP contribution in [0.25, 0.3) is 0 Å².